The number of methoxy groups -OCH3 is 1. The van der Waals surface area contributed by atoms with Gasteiger partial charge in [-0.05, 0) is 19.8 Å². The van der Waals surface area contributed by atoms with Crippen LogP contribution in [0, 0.1) is 5.41 Å². The van der Waals surface area contributed by atoms with E-state index in [1.165, 1.54) is 0 Å². The monoisotopic (exact) mass is 258 g/mol. The lowest BCUT2D eigenvalue weighted by Gasteiger charge is -2.24. The second-order valence-electron chi connectivity index (χ2n) is 4.90. The second kappa shape index (κ2) is 6.58. The molecule has 3 N–H and O–H groups in total. The first kappa shape index (κ1) is 14.8. The van der Waals surface area contributed by atoms with Crippen LogP contribution in [0.3, 0.4) is 0 Å². The zero-order valence-corrected chi connectivity index (χ0v) is 11.0. The number of aliphatic carboxylic acids is 1. The molecule has 0 aromatic rings. The molecule has 104 valence electrons. The average molecular weight is 258 g/mol. The zero-order chi connectivity index (χ0) is 13.6. The van der Waals surface area contributed by atoms with Crippen LogP contribution in [0.1, 0.15) is 32.6 Å². The summed E-state index contributed by atoms with van der Waals surface area (Å²) >= 11 is 0. The molecule has 0 aromatic heterocycles. The van der Waals surface area contributed by atoms with E-state index >= 15 is 0 Å². The van der Waals surface area contributed by atoms with Crippen molar-refractivity contribution in [2.24, 2.45) is 5.41 Å². The van der Waals surface area contributed by atoms with Crippen molar-refractivity contribution in [1.82, 2.24) is 10.6 Å². The molecule has 1 aliphatic rings. The Morgan fingerprint density at radius 1 is 1.33 bits per heavy atom. The number of ether oxygens (including phenoxy) is 1. The minimum Gasteiger partial charge on any atom is -0.481 e. The fourth-order valence-corrected chi connectivity index (χ4v) is 2.15. The highest BCUT2D eigenvalue weighted by atomic mass is 16.5. The van der Waals surface area contributed by atoms with Gasteiger partial charge in [0.25, 0.3) is 0 Å². The van der Waals surface area contributed by atoms with E-state index in [0.29, 0.717) is 19.4 Å². The van der Waals surface area contributed by atoms with Crippen molar-refractivity contribution in [1.29, 1.82) is 0 Å². The molecule has 1 atom stereocenters. The number of urea groups is 1. The molecule has 1 unspecified atom stereocenters. The average Bonchev–Trinajstić information content (AvgIpc) is 2.83. The molecule has 0 spiro atoms. The highest BCUT2D eigenvalue weighted by molar-refractivity contribution is 5.78. The van der Waals surface area contributed by atoms with Crippen molar-refractivity contribution in [2.75, 3.05) is 20.2 Å². The van der Waals surface area contributed by atoms with Crippen LogP contribution >= 0.6 is 0 Å². The van der Waals surface area contributed by atoms with Gasteiger partial charge in [-0.1, -0.05) is 12.8 Å². The van der Waals surface area contributed by atoms with Gasteiger partial charge in [-0.25, -0.2) is 4.79 Å². The Morgan fingerprint density at radius 2 is 1.94 bits per heavy atom. The van der Waals surface area contributed by atoms with Crippen molar-refractivity contribution in [2.45, 2.75) is 38.7 Å². The van der Waals surface area contributed by atoms with Crippen LogP contribution in [0.5, 0.6) is 0 Å². The molecule has 0 saturated heterocycles. The van der Waals surface area contributed by atoms with Crippen LogP contribution in [0.25, 0.3) is 0 Å². The largest absolute Gasteiger partial charge is 0.481 e. The first-order valence-electron chi connectivity index (χ1n) is 6.28. The second-order valence-corrected chi connectivity index (χ2v) is 4.90. The Morgan fingerprint density at radius 3 is 2.44 bits per heavy atom. The van der Waals surface area contributed by atoms with E-state index in [1.807, 2.05) is 6.92 Å². The summed E-state index contributed by atoms with van der Waals surface area (Å²) in [7, 11) is 1.57. The Bertz CT molecular complexity index is 300. The van der Waals surface area contributed by atoms with E-state index in [0.717, 1.165) is 12.8 Å². The number of carboxylic acids is 1. The summed E-state index contributed by atoms with van der Waals surface area (Å²) in [5.41, 5.74) is -0.774. The summed E-state index contributed by atoms with van der Waals surface area (Å²) < 4.78 is 5.00. The van der Waals surface area contributed by atoms with E-state index in [1.54, 1.807) is 7.11 Å². The summed E-state index contributed by atoms with van der Waals surface area (Å²) in [4.78, 5) is 22.8. The SMILES string of the molecule is COC(C)CNC(=O)NCC1(C(=O)O)CCCC1. The Balaban J connectivity index is 2.34. The van der Waals surface area contributed by atoms with Gasteiger partial charge in [0.2, 0.25) is 0 Å². The topological polar surface area (TPSA) is 87.7 Å². The third kappa shape index (κ3) is 3.87. The van der Waals surface area contributed by atoms with Gasteiger partial charge in [-0.15, -0.1) is 0 Å². The lowest BCUT2D eigenvalue weighted by atomic mass is 9.86. The standard InChI is InChI=1S/C12H22N2O4/c1-9(18-2)7-13-11(17)14-8-12(10(15)16)5-3-4-6-12/h9H,3-8H2,1-2H3,(H,15,16)(H2,13,14,17). The predicted molar refractivity (Wildman–Crippen MR) is 66.4 cm³/mol. The normalized spacial score (nSPS) is 19.2. The van der Waals surface area contributed by atoms with Crippen LogP contribution in [-0.4, -0.2) is 43.4 Å². The van der Waals surface area contributed by atoms with Crippen LogP contribution < -0.4 is 10.6 Å². The number of carboxylic acid groups (broad SMARTS) is 1. The predicted octanol–water partition coefficient (Wildman–Crippen LogP) is 0.965. The van der Waals surface area contributed by atoms with E-state index in [-0.39, 0.29) is 18.7 Å². The van der Waals surface area contributed by atoms with Crippen molar-refractivity contribution < 1.29 is 19.4 Å². The fourth-order valence-electron chi connectivity index (χ4n) is 2.15. The molecular formula is C12H22N2O4. The maximum atomic E-state index is 11.5. The fraction of sp³-hybridized carbons (Fsp3) is 0.833. The summed E-state index contributed by atoms with van der Waals surface area (Å²) in [5.74, 6) is -0.814. The van der Waals surface area contributed by atoms with Crippen LogP contribution in [0.2, 0.25) is 0 Å². The Kier molecular flexibility index (Phi) is 5.40. The minimum absolute atomic E-state index is 0.0596. The van der Waals surface area contributed by atoms with Gasteiger partial charge < -0.3 is 20.5 Å². The van der Waals surface area contributed by atoms with Gasteiger partial charge in [-0.2, -0.15) is 0 Å². The van der Waals surface area contributed by atoms with Gasteiger partial charge in [0.1, 0.15) is 0 Å². The maximum absolute atomic E-state index is 11.5. The molecule has 18 heavy (non-hydrogen) atoms. The molecule has 1 aliphatic carbocycles. The molecule has 0 bridgehead atoms. The lowest BCUT2D eigenvalue weighted by molar-refractivity contribution is -0.148. The van der Waals surface area contributed by atoms with Crippen molar-refractivity contribution in [3.63, 3.8) is 0 Å². The third-order valence-corrected chi connectivity index (χ3v) is 3.55. The molecule has 0 heterocycles. The number of carbonyl (C=O) groups is 2. The number of carbonyl (C=O) groups excluding carboxylic acids is 1. The molecule has 0 aliphatic heterocycles. The van der Waals surface area contributed by atoms with Gasteiger partial charge >= 0.3 is 12.0 Å². The van der Waals surface area contributed by atoms with Gasteiger partial charge in [0.05, 0.1) is 11.5 Å². The molecule has 1 rings (SSSR count). The van der Waals surface area contributed by atoms with Gasteiger partial charge in [0, 0.05) is 20.2 Å². The lowest BCUT2D eigenvalue weighted by Crippen LogP contribution is -2.46. The molecule has 0 aromatic carbocycles. The summed E-state index contributed by atoms with van der Waals surface area (Å²) in [6.07, 6.45) is 3.04. The summed E-state index contributed by atoms with van der Waals surface area (Å²) in [5, 5.41) is 14.5. The molecule has 0 radical (unpaired) electrons. The van der Waals surface area contributed by atoms with Gasteiger partial charge in [-0.3, -0.25) is 4.79 Å². The Labute approximate surface area is 107 Å². The number of hydrogen-bond donors (Lipinski definition) is 3. The van der Waals surface area contributed by atoms with Crippen LogP contribution in [-0.2, 0) is 9.53 Å². The summed E-state index contributed by atoms with van der Waals surface area (Å²) in [6.45, 7) is 2.44. The van der Waals surface area contributed by atoms with Crippen molar-refractivity contribution >= 4 is 12.0 Å². The molecular weight excluding hydrogens is 236 g/mol. The number of amides is 2. The first-order valence-corrected chi connectivity index (χ1v) is 6.28. The molecule has 1 saturated carbocycles. The zero-order valence-electron chi connectivity index (χ0n) is 11.0. The first-order chi connectivity index (χ1) is 8.50. The van der Waals surface area contributed by atoms with E-state index in [2.05, 4.69) is 10.6 Å². The Hall–Kier alpha value is -1.30. The quantitative estimate of drug-likeness (QED) is 0.662. The smallest absolute Gasteiger partial charge is 0.314 e. The molecule has 6 nitrogen and oxygen atoms in total. The molecule has 2 amide bonds. The van der Waals surface area contributed by atoms with E-state index in [4.69, 9.17) is 4.74 Å². The van der Waals surface area contributed by atoms with E-state index in [9.17, 15) is 14.7 Å². The van der Waals surface area contributed by atoms with E-state index < -0.39 is 11.4 Å². The van der Waals surface area contributed by atoms with Gasteiger partial charge in [0.15, 0.2) is 0 Å². The summed E-state index contributed by atoms with van der Waals surface area (Å²) in [6, 6.07) is -0.341. The third-order valence-electron chi connectivity index (χ3n) is 3.55. The van der Waals surface area contributed by atoms with Crippen molar-refractivity contribution in [3.05, 3.63) is 0 Å². The number of nitrogens with one attached hydrogen (secondary N) is 2. The highest BCUT2D eigenvalue weighted by Crippen LogP contribution is 2.37. The van der Waals surface area contributed by atoms with Crippen LogP contribution in [0.15, 0.2) is 0 Å². The number of rotatable bonds is 6. The number of hydrogen-bond acceptors (Lipinski definition) is 3. The maximum Gasteiger partial charge on any atom is 0.314 e. The van der Waals surface area contributed by atoms with Crippen LogP contribution in [0.4, 0.5) is 4.79 Å². The molecule has 6 heteroatoms. The molecule has 1 fully saturated rings. The highest BCUT2D eigenvalue weighted by Gasteiger charge is 2.41. The van der Waals surface area contributed by atoms with Crippen molar-refractivity contribution in [3.8, 4) is 0 Å². The minimum atomic E-state index is -0.814.